The van der Waals surface area contributed by atoms with Crippen LogP contribution in [-0.4, -0.2) is 24.2 Å². The number of hydrogen-bond acceptors (Lipinski definition) is 3. The first-order valence-corrected chi connectivity index (χ1v) is 4.75. The third-order valence-corrected chi connectivity index (χ3v) is 2.60. The predicted molar refractivity (Wildman–Crippen MR) is 52.7 cm³/mol. The Labute approximate surface area is 97.0 Å². The van der Waals surface area contributed by atoms with Gasteiger partial charge in [-0.1, -0.05) is 0 Å². The average molecular weight is 299 g/mol. The van der Waals surface area contributed by atoms with Gasteiger partial charge in [-0.3, -0.25) is 4.79 Å². The smallest absolute Gasteiger partial charge is 0.454 e. The maximum Gasteiger partial charge on any atom is 0.454 e. The molecular formula is C9H6BrF3O3. The van der Waals surface area contributed by atoms with Crippen molar-refractivity contribution >= 4 is 21.7 Å². The Morgan fingerprint density at radius 3 is 2.44 bits per heavy atom. The number of Topliss-reactive ketones (excluding diaryl/α,β-unsaturated/α-hetero) is 1. The quantitative estimate of drug-likeness (QED) is 0.854. The monoisotopic (exact) mass is 298 g/mol. The van der Waals surface area contributed by atoms with E-state index in [-0.39, 0.29) is 10.2 Å². The summed E-state index contributed by atoms with van der Waals surface area (Å²) in [7, 11) is 1.24. The van der Waals surface area contributed by atoms with Crippen molar-refractivity contribution in [2.75, 3.05) is 7.11 Å². The van der Waals surface area contributed by atoms with Gasteiger partial charge in [0, 0.05) is 5.56 Å². The number of phenols is 1. The lowest BCUT2D eigenvalue weighted by molar-refractivity contribution is -0.0885. The molecule has 0 bridgehead atoms. The third kappa shape index (κ3) is 2.29. The number of aromatic hydroxyl groups is 1. The molecule has 3 nitrogen and oxygen atoms in total. The largest absolute Gasteiger partial charge is 0.503 e. The molecule has 0 saturated carbocycles. The molecule has 0 spiro atoms. The summed E-state index contributed by atoms with van der Waals surface area (Å²) in [4.78, 5) is 10.9. The first kappa shape index (κ1) is 12.8. The molecule has 0 unspecified atom stereocenters. The summed E-state index contributed by atoms with van der Waals surface area (Å²) in [6.45, 7) is 0. The SMILES string of the molecule is COc1ccc(C(=O)C(F)(F)F)c(Br)c1O. The molecule has 1 N–H and O–H groups in total. The van der Waals surface area contributed by atoms with Crippen LogP contribution >= 0.6 is 15.9 Å². The van der Waals surface area contributed by atoms with Gasteiger partial charge < -0.3 is 9.84 Å². The van der Waals surface area contributed by atoms with Crippen molar-refractivity contribution in [2.24, 2.45) is 0 Å². The van der Waals surface area contributed by atoms with Crippen molar-refractivity contribution in [1.82, 2.24) is 0 Å². The van der Waals surface area contributed by atoms with Gasteiger partial charge in [0.05, 0.1) is 11.6 Å². The van der Waals surface area contributed by atoms with Gasteiger partial charge in [0.25, 0.3) is 5.78 Å². The number of benzene rings is 1. The lowest BCUT2D eigenvalue weighted by Crippen LogP contribution is -2.23. The summed E-state index contributed by atoms with van der Waals surface area (Å²) in [5.74, 6) is -2.60. The van der Waals surface area contributed by atoms with E-state index < -0.39 is 23.3 Å². The van der Waals surface area contributed by atoms with E-state index in [1.807, 2.05) is 0 Å². The molecule has 0 saturated heterocycles. The summed E-state index contributed by atoms with van der Waals surface area (Å²) in [6.07, 6.45) is -4.98. The highest BCUT2D eigenvalue weighted by Crippen LogP contribution is 2.38. The Kier molecular flexibility index (Phi) is 3.47. The molecule has 0 aliphatic carbocycles. The van der Waals surface area contributed by atoms with Crippen molar-refractivity contribution in [2.45, 2.75) is 6.18 Å². The minimum absolute atomic E-state index is 0.0226. The van der Waals surface area contributed by atoms with Gasteiger partial charge in [0.1, 0.15) is 0 Å². The lowest BCUT2D eigenvalue weighted by atomic mass is 10.1. The fourth-order valence-corrected chi connectivity index (χ4v) is 1.55. The molecule has 0 amide bonds. The topological polar surface area (TPSA) is 46.5 Å². The summed E-state index contributed by atoms with van der Waals surface area (Å²) in [5, 5.41) is 9.40. The molecule has 0 atom stereocenters. The Hall–Kier alpha value is -1.24. The van der Waals surface area contributed by atoms with Gasteiger partial charge in [-0.05, 0) is 28.1 Å². The minimum Gasteiger partial charge on any atom is -0.503 e. The Bertz CT molecular complexity index is 429. The van der Waals surface area contributed by atoms with Crippen molar-refractivity contribution in [3.63, 3.8) is 0 Å². The zero-order chi connectivity index (χ0) is 12.5. The third-order valence-electron chi connectivity index (χ3n) is 1.80. The first-order chi connectivity index (χ1) is 7.29. The molecule has 1 aromatic carbocycles. The molecule has 0 fully saturated rings. The van der Waals surface area contributed by atoms with Gasteiger partial charge >= 0.3 is 6.18 Å². The van der Waals surface area contributed by atoms with Crippen LogP contribution in [0.2, 0.25) is 0 Å². The van der Waals surface area contributed by atoms with Crippen LogP contribution in [0, 0.1) is 0 Å². The number of ketones is 1. The number of methoxy groups -OCH3 is 1. The minimum atomic E-state index is -4.98. The van der Waals surface area contributed by atoms with E-state index in [4.69, 9.17) is 0 Å². The van der Waals surface area contributed by atoms with Crippen LogP contribution in [0.15, 0.2) is 16.6 Å². The Morgan fingerprint density at radius 2 is 2.00 bits per heavy atom. The molecule has 0 radical (unpaired) electrons. The van der Waals surface area contributed by atoms with E-state index in [1.54, 1.807) is 0 Å². The summed E-state index contributed by atoms with van der Waals surface area (Å²) < 4.78 is 40.8. The molecule has 1 rings (SSSR count). The van der Waals surface area contributed by atoms with Crippen LogP contribution in [0.3, 0.4) is 0 Å². The number of carbonyl (C=O) groups is 1. The zero-order valence-electron chi connectivity index (χ0n) is 7.93. The number of ether oxygens (including phenoxy) is 1. The second kappa shape index (κ2) is 4.32. The number of carbonyl (C=O) groups excluding carboxylic acids is 1. The van der Waals surface area contributed by atoms with Crippen molar-refractivity contribution in [3.8, 4) is 11.5 Å². The number of hydrogen-bond donors (Lipinski definition) is 1. The number of phenolic OH excluding ortho intramolecular Hbond substituents is 1. The lowest BCUT2D eigenvalue weighted by Gasteiger charge is -2.10. The summed E-state index contributed by atoms with van der Waals surface area (Å²) in [6, 6.07) is 2.01. The molecule has 88 valence electrons. The standard InChI is InChI=1S/C9H6BrF3O3/c1-16-5-3-2-4(6(10)7(5)14)8(15)9(11,12)13/h2-3,14H,1H3. The molecule has 0 aromatic heterocycles. The van der Waals surface area contributed by atoms with Crippen LogP contribution in [0.5, 0.6) is 11.5 Å². The van der Waals surface area contributed by atoms with Crippen molar-refractivity contribution in [1.29, 1.82) is 0 Å². The van der Waals surface area contributed by atoms with E-state index >= 15 is 0 Å². The van der Waals surface area contributed by atoms with Crippen LogP contribution in [0.25, 0.3) is 0 Å². The molecule has 16 heavy (non-hydrogen) atoms. The van der Waals surface area contributed by atoms with Gasteiger partial charge in [0.2, 0.25) is 0 Å². The van der Waals surface area contributed by atoms with E-state index in [0.29, 0.717) is 0 Å². The molecular weight excluding hydrogens is 293 g/mol. The van der Waals surface area contributed by atoms with Crippen LogP contribution < -0.4 is 4.74 Å². The molecule has 0 aliphatic rings. The number of rotatable bonds is 2. The molecule has 1 aromatic rings. The van der Waals surface area contributed by atoms with Gasteiger partial charge in [-0.25, -0.2) is 0 Å². The second-order valence-electron chi connectivity index (χ2n) is 2.80. The fourth-order valence-electron chi connectivity index (χ4n) is 1.04. The van der Waals surface area contributed by atoms with Crippen LogP contribution in [0.4, 0.5) is 13.2 Å². The summed E-state index contributed by atoms with van der Waals surface area (Å²) in [5.41, 5.74) is -0.661. The van der Waals surface area contributed by atoms with Crippen LogP contribution in [0.1, 0.15) is 10.4 Å². The van der Waals surface area contributed by atoms with E-state index in [1.165, 1.54) is 7.11 Å². The molecule has 7 heteroatoms. The summed E-state index contributed by atoms with van der Waals surface area (Å²) >= 11 is 2.71. The van der Waals surface area contributed by atoms with E-state index in [2.05, 4.69) is 20.7 Å². The highest BCUT2D eigenvalue weighted by molar-refractivity contribution is 9.10. The molecule has 0 aliphatic heterocycles. The predicted octanol–water partition coefficient (Wildman–Crippen LogP) is 2.91. The second-order valence-corrected chi connectivity index (χ2v) is 3.60. The number of halogens is 4. The average Bonchev–Trinajstić information content (AvgIpc) is 2.20. The van der Waals surface area contributed by atoms with Crippen LogP contribution in [-0.2, 0) is 0 Å². The highest BCUT2D eigenvalue weighted by atomic mass is 79.9. The normalized spacial score (nSPS) is 11.3. The van der Waals surface area contributed by atoms with E-state index in [9.17, 15) is 23.1 Å². The Morgan fingerprint density at radius 1 is 1.44 bits per heavy atom. The van der Waals surface area contributed by atoms with Crippen molar-refractivity contribution < 1.29 is 27.8 Å². The fraction of sp³-hybridized carbons (Fsp3) is 0.222. The Balaban J connectivity index is 3.28. The zero-order valence-corrected chi connectivity index (χ0v) is 9.52. The van der Waals surface area contributed by atoms with Crippen molar-refractivity contribution in [3.05, 3.63) is 22.2 Å². The number of alkyl halides is 3. The maximum atomic E-state index is 12.1. The molecule has 0 heterocycles. The maximum absolute atomic E-state index is 12.1. The van der Waals surface area contributed by atoms with Gasteiger partial charge in [-0.2, -0.15) is 13.2 Å². The first-order valence-electron chi connectivity index (χ1n) is 3.96. The van der Waals surface area contributed by atoms with E-state index in [0.717, 1.165) is 12.1 Å². The highest BCUT2D eigenvalue weighted by Gasteiger charge is 2.40. The van der Waals surface area contributed by atoms with Gasteiger partial charge in [0.15, 0.2) is 11.5 Å². The van der Waals surface area contributed by atoms with Gasteiger partial charge in [-0.15, -0.1) is 0 Å².